The van der Waals surface area contributed by atoms with Crippen LogP contribution in [-0.4, -0.2) is 10.5 Å². The molecule has 0 spiro atoms. The van der Waals surface area contributed by atoms with Crippen LogP contribution in [0.15, 0.2) is 0 Å². The lowest BCUT2D eigenvalue weighted by Crippen LogP contribution is -2.25. The average Bonchev–Trinajstić information content (AvgIpc) is 2.26. The zero-order valence-corrected chi connectivity index (χ0v) is 9.46. The van der Waals surface area contributed by atoms with E-state index in [9.17, 15) is 0 Å². The first kappa shape index (κ1) is 10.5. The van der Waals surface area contributed by atoms with Crippen LogP contribution in [0.5, 0.6) is 0 Å². The molecule has 0 aliphatic heterocycles. The highest BCUT2D eigenvalue weighted by molar-refractivity contribution is 7.15. The molecule has 0 aliphatic carbocycles. The quantitative estimate of drug-likeness (QED) is 0.767. The summed E-state index contributed by atoms with van der Waals surface area (Å²) in [5.74, 6) is 0. The molecule has 0 amide bonds. The number of nitrogens with zero attached hydrogens (tertiary/aromatic N) is 1. The molecule has 1 aromatic rings. The van der Waals surface area contributed by atoms with Gasteiger partial charge in [-0.3, -0.25) is 0 Å². The molecular weight excluding hydrogens is 182 g/mol. The van der Waals surface area contributed by atoms with E-state index in [2.05, 4.69) is 31.1 Å². The molecule has 1 rings (SSSR count). The van der Waals surface area contributed by atoms with Gasteiger partial charge in [0.25, 0.3) is 0 Å². The third kappa shape index (κ3) is 2.97. The third-order valence-corrected chi connectivity index (χ3v) is 2.66. The van der Waals surface area contributed by atoms with Crippen LogP contribution in [0.4, 0.5) is 5.13 Å². The molecule has 3 N–H and O–H groups in total. The second-order valence-corrected chi connectivity index (χ2v) is 5.19. The Morgan fingerprint density at radius 3 is 2.46 bits per heavy atom. The highest BCUT2D eigenvalue weighted by atomic mass is 32.1. The first-order valence-corrected chi connectivity index (χ1v) is 5.18. The van der Waals surface area contributed by atoms with Crippen LogP contribution in [0.2, 0.25) is 0 Å². The molecule has 4 heteroatoms. The predicted octanol–water partition coefficient (Wildman–Crippen LogP) is 2.12. The van der Waals surface area contributed by atoms with E-state index in [1.165, 1.54) is 0 Å². The lowest BCUT2D eigenvalue weighted by molar-refractivity contribution is 0.633. The second-order valence-electron chi connectivity index (χ2n) is 4.11. The van der Waals surface area contributed by atoms with Crippen LogP contribution in [0.25, 0.3) is 0 Å². The average molecular weight is 199 g/mol. The van der Waals surface area contributed by atoms with Gasteiger partial charge in [0, 0.05) is 17.0 Å². The molecule has 3 nitrogen and oxygen atoms in total. The first-order valence-electron chi connectivity index (χ1n) is 4.37. The van der Waals surface area contributed by atoms with Gasteiger partial charge in [0.1, 0.15) is 0 Å². The molecule has 0 aromatic carbocycles. The van der Waals surface area contributed by atoms with E-state index in [0.717, 1.165) is 15.7 Å². The van der Waals surface area contributed by atoms with E-state index in [4.69, 9.17) is 5.73 Å². The summed E-state index contributed by atoms with van der Waals surface area (Å²) < 4.78 is 0. The fourth-order valence-electron chi connectivity index (χ4n) is 0.992. The molecule has 1 aromatic heterocycles. The van der Waals surface area contributed by atoms with Crippen molar-refractivity contribution < 1.29 is 0 Å². The topological polar surface area (TPSA) is 50.9 Å². The fraction of sp³-hybridized carbons (Fsp3) is 0.667. The number of nitrogens with one attached hydrogen (secondary N) is 1. The van der Waals surface area contributed by atoms with Crippen LogP contribution >= 0.6 is 11.3 Å². The summed E-state index contributed by atoms with van der Waals surface area (Å²) >= 11 is 1.64. The number of rotatable bonds is 2. The van der Waals surface area contributed by atoms with E-state index in [1.807, 2.05) is 6.92 Å². The van der Waals surface area contributed by atoms with Gasteiger partial charge in [-0.2, -0.15) is 0 Å². The molecule has 0 saturated carbocycles. The third-order valence-electron chi connectivity index (χ3n) is 1.56. The molecule has 0 bridgehead atoms. The van der Waals surface area contributed by atoms with Crippen LogP contribution in [0.1, 0.15) is 31.3 Å². The molecule has 0 aliphatic rings. The minimum absolute atomic E-state index is 0.0656. The van der Waals surface area contributed by atoms with Gasteiger partial charge in [-0.15, -0.1) is 11.3 Å². The first-order chi connectivity index (χ1) is 5.92. The summed E-state index contributed by atoms with van der Waals surface area (Å²) in [6.45, 7) is 8.92. The Hall–Kier alpha value is -0.610. The van der Waals surface area contributed by atoms with Crippen molar-refractivity contribution in [2.45, 2.75) is 39.8 Å². The number of thiazole rings is 1. The van der Waals surface area contributed by atoms with Gasteiger partial charge in [-0.05, 0) is 27.7 Å². The number of aromatic nitrogens is 1. The van der Waals surface area contributed by atoms with Crippen molar-refractivity contribution in [3.8, 4) is 0 Å². The highest BCUT2D eigenvalue weighted by Crippen LogP contribution is 2.24. The zero-order chi connectivity index (χ0) is 10.1. The van der Waals surface area contributed by atoms with Gasteiger partial charge in [0.15, 0.2) is 5.13 Å². The summed E-state index contributed by atoms with van der Waals surface area (Å²) in [4.78, 5) is 5.55. The smallest absolute Gasteiger partial charge is 0.183 e. The van der Waals surface area contributed by atoms with E-state index >= 15 is 0 Å². The molecule has 0 unspecified atom stereocenters. The highest BCUT2D eigenvalue weighted by Gasteiger charge is 2.13. The molecule has 0 fully saturated rings. The second kappa shape index (κ2) is 3.64. The van der Waals surface area contributed by atoms with Crippen LogP contribution in [0, 0.1) is 6.92 Å². The zero-order valence-electron chi connectivity index (χ0n) is 8.64. The fourth-order valence-corrected chi connectivity index (χ4v) is 2.04. The van der Waals surface area contributed by atoms with Crippen LogP contribution < -0.4 is 11.1 Å². The SMILES string of the molecule is Cc1nc(NC(C)(C)C)sc1CN. The number of anilines is 1. The molecule has 13 heavy (non-hydrogen) atoms. The molecule has 0 radical (unpaired) electrons. The molecule has 0 atom stereocenters. The van der Waals surface area contributed by atoms with Crippen molar-refractivity contribution in [2.75, 3.05) is 5.32 Å². The van der Waals surface area contributed by atoms with E-state index in [1.54, 1.807) is 11.3 Å². The Balaban J connectivity index is 2.80. The summed E-state index contributed by atoms with van der Waals surface area (Å²) in [5.41, 5.74) is 6.68. The van der Waals surface area contributed by atoms with Crippen LogP contribution in [-0.2, 0) is 6.54 Å². The lowest BCUT2D eigenvalue weighted by Gasteiger charge is -2.19. The van der Waals surface area contributed by atoms with Gasteiger partial charge in [0.2, 0.25) is 0 Å². The molecule has 0 saturated heterocycles. The summed E-state index contributed by atoms with van der Waals surface area (Å²) in [6, 6.07) is 0. The predicted molar refractivity (Wildman–Crippen MR) is 58.1 cm³/mol. The Kier molecular flexibility index (Phi) is 2.93. The van der Waals surface area contributed by atoms with Crippen molar-refractivity contribution in [3.05, 3.63) is 10.6 Å². The number of nitrogens with two attached hydrogens (primary N) is 1. The molecular formula is C9H17N3S. The minimum Gasteiger partial charge on any atom is -0.357 e. The van der Waals surface area contributed by atoms with Gasteiger partial charge in [-0.1, -0.05) is 0 Å². The lowest BCUT2D eigenvalue weighted by atomic mass is 10.1. The van der Waals surface area contributed by atoms with Crippen LogP contribution in [0.3, 0.4) is 0 Å². The van der Waals surface area contributed by atoms with Gasteiger partial charge in [-0.25, -0.2) is 4.98 Å². The normalized spacial score (nSPS) is 11.8. The Morgan fingerprint density at radius 2 is 2.08 bits per heavy atom. The van der Waals surface area contributed by atoms with Crippen molar-refractivity contribution in [1.29, 1.82) is 0 Å². The van der Waals surface area contributed by atoms with E-state index < -0.39 is 0 Å². The molecule has 1 heterocycles. The summed E-state index contributed by atoms with van der Waals surface area (Å²) in [6.07, 6.45) is 0. The van der Waals surface area contributed by atoms with Crippen molar-refractivity contribution in [1.82, 2.24) is 4.98 Å². The Labute approximate surface area is 83.4 Å². The Morgan fingerprint density at radius 1 is 1.46 bits per heavy atom. The van der Waals surface area contributed by atoms with Crippen molar-refractivity contribution in [3.63, 3.8) is 0 Å². The van der Waals surface area contributed by atoms with Crippen molar-refractivity contribution in [2.24, 2.45) is 5.73 Å². The monoisotopic (exact) mass is 199 g/mol. The Bertz CT molecular complexity index is 286. The minimum atomic E-state index is 0.0656. The summed E-state index contributed by atoms with van der Waals surface area (Å²) in [7, 11) is 0. The van der Waals surface area contributed by atoms with Gasteiger partial charge >= 0.3 is 0 Å². The maximum atomic E-state index is 5.57. The van der Waals surface area contributed by atoms with Crippen molar-refractivity contribution >= 4 is 16.5 Å². The largest absolute Gasteiger partial charge is 0.357 e. The van der Waals surface area contributed by atoms with E-state index in [-0.39, 0.29) is 5.54 Å². The number of hydrogen-bond acceptors (Lipinski definition) is 4. The van der Waals surface area contributed by atoms with Gasteiger partial charge in [0.05, 0.1) is 5.69 Å². The van der Waals surface area contributed by atoms with E-state index in [0.29, 0.717) is 6.54 Å². The standard InChI is InChI=1S/C9H17N3S/c1-6-7(5-10)13-8(11-6)12-9(2,3)4/h5,10H2,1-4H3,(H,11,12). The number of hydrogen-bond donors (Lipinski definition) is 2. The maximum Gasteiger partial charge on any atom is 0.183 e. The number of aryl methyl sites for hydroxylation is 1. The maximum absolute atomic E-state index is 5.57. The summed E-state index contributed by atoms with van der Waals surface area (Å²) in [5, 5.41) is 4.29. The van der Waals surface area contributed by atoms with Gasteiger partial charge < -0.3 is 11.1 Å². The molecule has 74 valence electrons.